The fourth-order valence-electron chi connectivity index (χ4n) is 2.35. The monoisotopic (exact) mass is 312 g/mol. The van der Waals surface area contributed by atoms with Crippen LogP contribution in [0, 0.1) is 19.8 Å². The van der Waals surface area contributed by atoms with E-state index < -0.39 is 16.1 Å². The predicted molar refractivity (Wildman–Crippen MR) is 79.4 cm³/mol. The highest BCUT2D eigenvalue weighted by atomic mass is 32.2. The quantitative estimate of drug-likeness (QED) is 0.879. The lowest BCUT2D eigenvalue weighted by Crippen LogP contribution is -2.31. The lowest BCUT2D eigenvalue weighted by atomic mass is 10.0. The molecule has 0 aromatic heterocycles. The lowest BCUT2D eigenvalue weighted by Gasteiger charge is -2.17. The molecule has 1 aliphatic rings. The van der Waals surface area contributed by atoms with Gasteiger partial charge in [-0.05, 0) is 49.4 Å². The van der Waals surface area contributed by atoms with Crippen LogP contribution in [-0.2, 0) is 19.6 Å². The fourth-order valence-corrected chi connectivity index (χ4v) is 2.98. The van der Waals surface area contributed by atoms with Crippen molar-refractivity contribution in [2.75, 3.05) is 11.9 Å². The number of anilines is 1. The van der Waals surface area contributed by atoms with E-state index in [4.69, 9.17) is 9.88 Å². The third-order valence-electron chi connectivity index (χ3n) is 3.87. The molecule has 3 N–H and O–H groups in total. The Morgan fingerprint density at radius 2 is 2.05 bits per heavy atom. The van der Waals surface area contributed by atoms with Crippen LogP contribution in [0.1, 0.15) is 24.5 Å². The number of sulfonamides is 1. The Hall–Kier alpha value is -1.44. The summed E-state index contributed by atoms with van der Waals surface area (Å²) in [6.07, 6.45) is 0.343. The standard InChI is InChI=1S/C14H20N2O4S/c1-8-4-5-20-13(8)14(17)16-12-7-11(21(15,18)19)6-9(2)10(12)3/h6-8,13H,4-5H2,1-3H3,(H,16,17)(H2,15,18,19). The minimum Gasteiger partial charge on any atom is -0.368 e. The Morgan fingerprint density at radius 1 is 1.38 bits per heavy atom. The molecule has 0 spiro atoms. The normalized spacial score (nSPS) is 22.3. The molecule has 2 unspecified atom stereocenters. The number of nitrogens with two attached hydrogens (primary N) is 1. The fraction of sp³-hybridized carbons (Fsp3) is 0.500. The summed E-state index contributed by atoms with van der Waals surface area (Å²) in [4.78, 5) is 12.2. The molecule has 2 rings (SSSR count). The number of carbonyl (C=O) groups excluding carboxylic acids is 1. The van der Waals surface area contributed by atoms with Gasteiger partial charge in [-0.15, -0.1) is 0 Å². The molecule has 1 amide bonds. The molecule has 116 valence electrons. The van der Waals surface area contributed by atoms with Crippen molar-refractivity contribution in [3.8, 4) is 0 Å². The summed E-state index contributed by atoms with van der Waals surface area (Å²) in [6.45, 7) is 6.11. The number of primary sulfonamides is 1. The third kappa shape index (κ3) is 3.42. The van der Waals surface area contributed by atoms with E-state index in [0.29, 0.717) is 12.3 Å². The summed E-state index contributed by atoms with van der Waals surface area (Å²) < 4.78 is 28.4. The highest BCUT2D eigenvalue weighted by Crippen LogP contribution is 2.26. The second kappa shape index (κ2) is 5.75. The maximum atomic E-state index is 12.2. The van der Waals surface area contributed by atoms with E-state index in [1.165, 1.54) is 12.1 Å². The number of benzene rings is 1. The van der Waals surface area contributed by atoms with E-state index in [-0.39, 0.29) is 16.7 Å². The molecule has 1 heterocycles. The zero-order chi connectivity index (χ0) is 15.8. The highest BCUT2D eigenvalue weighted by Gasteiger charge is 2.31. The SMILES string of the molecule is Cc1cc(S(N)(=O)=O)cc(NC(=O)C2OCCC2C)c1C. The van der Waals surface area contributed by atoms with Crippen LogP contribution < -0.4 is 10.5 Å². The molecule has 1 aromatic rings. The second-order valence-corrected chi connectivity index (χ2v) is 7.07. The molecule has 1 saturated heterocycles. The van der Waals surface area contributed by atoms with Gasteiger partial charge in [0.2, 0.25) is 10.0 Å². The molecule has 0 bridgehead atoms. The number of ether oxygens (including phenoxy) is 1. The number of nitrogens with one attached hydrogen (secondary N) is 1. The number of carbonyl (C=O) groups is 1. The first kappa shape index (κ1) is 15.9. The van der Waals surface area contributed by atoms with Crippen molar-refractivity contribution in [1.82, 2.24) is 0 Å². The summed E-state index contributed by atoms with van der Waals surface area (Å²) in [5.74, 6) is -0.109. The number of rotatable bonds is 3. The Balaban J connectivity index is 2.31. The van der Waals surface area contributed by atoms with Crippen molar-refractivity contribution < 1.29 is 17.9 Å². The number of hydrogen-bond acceptors (Lipinski definition) is 4. The van der Waals surface area contributed by atoms with Gasteiger partial charge in [0.05, 0.1) is 4.90 Å². The second-order valence-electron chi connectivity index (χ2n) is 5.50. The molecule has 1 aromatic carbocycles. The molecular weight excluding hydrogens is 292 g/mol. The third-order valence-corrected chi connectivity index (χ3v) is 4.77. The molecule has 0 aliphatic carbocycles. The van der Waals surface area contributed by atoms with Gasteiger partial charge in [-0.1, -0.05) is 6.92 Å². The van der Waals surface area contributed by atoms with Crippen LogP contribution in [0.3, 0.4) is 0 Å². The Bertz CT molecular complexity index is 670. The van der Waals surface area contributed by atoms with Crippen molar-refractivity contribution in [2.45, 2.75) is 38.2 Å². The molecule has 0 saturated carbocycles. The average Bonchev–Trinajstić information content (AvgIpc) is 2.79. The van der Waals surface area contributed by atoms with Crippen molar-refractivity contribution in [3.63, 3.8) is 0 Å². The van der Waals surface area contributed by atoms with Crippen molar-refractivity contribution in [2.24, 2.45) is 11.1 Å². The molecule has 2 atom stereocenters. The van der Waals surface area contributed by atoms with E-state index in [9.17, 15) is 13.2 Å². The van der Waals surface area contributed by atoms with E-state index in [1.807, 2.05) is 13.8 Å². The van der Waals surface area contributed by atoms with Crippen LogP contribution in [0.4, 0.5) is 5.69 Å². The van der Waals surface area contributed by atoms with E-state index >= 15 is 0 Å². The minimum absolute atomic E-state index is 0.0127. The van der Waals surface area contributed by atoms with E-state index in [0.717, 1.165) is 17.5 Å². The van der Waals surface area contributed by atoms with Crippen molar-refractivity contribution in [3.05, 3.63) is 23.3 Å². The summed E-state index contributed by atoms with van der Waals surface area (Å²) in [7, 11) is -3.81. The van der Waals surface area contributed by atoms with Gasteiger partial charge >= 0.3 is 0 Å². The highest BCUT2D eigenvalue weighted by molar-refractivity contribution is 7.89. The van der Waals surface area contributed by atoms with Crippen LogP contribution in [0.2, 0.25) is 0 Å². The van der Waals surface area contributed by atoms with Gasteiger partial charge in [0.15, 0.2) is 0 Å². The molecule has 6 nitrogen and oxygen atoms in total. The maximum Gasteiger partial charge on any atom is 0.253 e. The maximum absolute atomic E-state index is 12.2. The van der Waals surface area contributed by atoms with Gasteiger partial charge in [0, 0.05) is 12.3 Å². The van der Waals surface area contributed by atoms with Crippen molar-refractivity contribution in [1.29, 1.82) is 0 Å². The first-order valence-corrected chi connectivity index (χ1v) is 8.31. The number of aryl methyl sites for hydroxylation is 1. The van der Waals surface area contributed by atoms with E-state index in [1.54, 1.807) is 6.92 Å². The largest absolute Gasteiger partial charge is 0.368 e. The first-order valence-electron chi connectivity index (χ1n) is 6.76. The van der Waals surface area contributed by atoms with Crippen LogP contribution in [-0.4, -0.2) is 27.0 Å². The Kier molecular flexibility index (Phi) is 4.36. The summed E-state index contributed by atoms with van der Waals surface area (Å²) in [5, 5.41) is 7.91. The Labute approximate surface area is 124 Å². The summed E-state index contributed by atoms with van der Waals surface area (Å²) >= 11 is 0. The summed E-state index contributed by atoms with van der Waals surface area (Å²) in [5.41, 5.74) is 2.00. The molecule has 7 heteroatoms. The number of amides is 1. The Morgan fingerprint density at radius 3 is 2.57 bits per heavy atom. The first-order chi connectivity index (χ1) is 9.70. The van der Waals surface area contributed by atoms with Crippen LogP contribution in [0.15, 0.2) is 17.0 Å². The minimum atomic E-state index is -3.81. The molecule has 1 fully saturated rings. The lowest BCUT2D eigenvalue weighted by molar-refractivity contribution is -0.126. The van der Waals surface area contributed by atoms with Gasteiger partial charge in [-0.25, -0.2) is 13.6 Å². The molecule has 0 radical (unpaired) electrons. The van der Waals surface area contributed by atoms with Crippen LogP contribution in [0.25, 0.3) is 0 Å². The molecular formula is C14H20N2O4S. The van der Waals surface area contributed by atoms with Gasteiger partial charge < -0.3 is 10.1 Å². The predicted octanol–water partition coefficient (Wildman–Crippen LogP) is 1.31. The summed E-state index contributed by atoms with van der Waals surface area (Å²) in [6, 6.07) is 2.88. The topological polar surface area (TPSA) is 98.5 Å². The van der Waals surface area contributed by atoms with Gasteiger partial charge in [0.1, 0.15) is 6.10 Å². The zero-order valence-corrected chi connectivity index (χ0v) is 13.2. The number of hydrogen-bond donors (Lipinski definition) is 2. The van der Waals surface area contributed by atoms with Crippen molar-refractivity contribution >= 4 is 21.6 Å². The average molecular weight is 312 g/mol. The van der Waals surface area contributed by atoms with Crippen LogP contribution >= 0.6 is 0 Å². The van der Waals surface area contributed by atoms with Gasteiger partial charge in [0.25, 0.3) is 5.91 Å². The van der Waals surface area contributed by atoms with E-state index in [2.05, 4.69) is 5.32 Å². The smallest absolute Gasteiger partial charge is 0.253 e. The zero-order valence-electron chi connectivity index (χ0n) is 12.3. The van der Waals surface area contributed by atoms with Gasteiger partial charge in [-0.3, -0.25) is 4.79 Å². The molecule has 1 aliphatic heterocycles. The molecule has 21 heavy (non-hydrogen) atoms. The van der Waals surface area contributed by atoms with Crippen LogP contribution in [0.5, 0.6) is 0 Å². The van der Waals surface area contributed by atoms with Gasteiger partial charge in [-0.2, -0.15) is 0 Å².